The maximum atomic E-state index is 9.34. The first-order valence-electron chi connectivity index (χ1n) is 5.29. The second-order valence-electron chi connectivity index (χ2n) is 3.64. The standard InChI is InChI=1S/C13H17NO2/c1-3-4-5-6-14-10(2)11-7-12(15)9-13(16)8-11/h7-10,14-16H,5-6H2,1-2H3. The molecule has 1 aromatic rings. The van der Waals surface area contributed by atoms with Gasteiger partial charge in [-0.25, -0.2) is 0 Å². The Bertz CT molecular complexity index is 384. The molecule has 86 valence electrons. The van der Waals surface area contributed by atoms with Crippen molar-refractivity contribution in [3.63, 3.8) is 0 Å². The highest BCUT2D eigenvalue weighted by atomic mass is 16.3. The van der Waals surface area contributed by atoms with Crippen LogP contribution in [0.4, 0.5) is 0 Å². The third-order valence-electron chi connectivity index (χ3n) is 2.30. The van der Waals surface area contributed by atoms with Gasteiger partial charge >= 0.3 is 0 Å². The van der Waals surface area contributed by atoms with Crippen LogP contribution in [0.3, 0.4) is 0 Å². The van der Waals surface area contributed by atoms with Crippen LogP contribution >= 0.6 is 0 Å². The van der Waals surface area contributed by atoms with E-state index < -0.39 is 0 Å². The van der Waals surface area contributed by atoms with Crippen LogP contribution in [0.25, 0.3) is 0 Å². The largest absolute Gasteiger partial charge is 0.508 e. The minimum absolute atomic E-state index is 0.0802. The van der Waals surface area contributed by atoms with Gasteiger partial charge in [-0.3, -0.25) is 0 Å². The fourth-order valence-corrected chi connectivity index (χ4v) is 1.46. The Morgan fingerprint density at radius 3 is 2.44 bits per heavy atom. The summed E-state index contributed by atoms with van der Waals surface area (Å²) in [5.74, 6) is 5.96. The van der Waals surface area contributed by atoms with E-state index >= 15 is 0 Å². The Morgan fingerprint density at radius 2 is 1.88 bits per heavy atom. The second kappa shape index (κ2) is 6.04. The maximum absolute atomic E-state index is 9.34. The lowest BCUT2D eigenvalue weighted by molar-refractivity contribution is 0.446. The Morgan fingerprint density at radius 1 is 1.25 bits per heavy atom. The third kappa shape index (κ3) is 3.84. The van der Waals surface area contributed by atoms with Gasteiger partial charge in [-0.1, -0.05) is 0 Å². The number of aromatic hydroxyl groups is 2. The van der Waals surface area contributed by atoms with Gasteiger partial charge < -0.3 is 15.5 Å². The first-order valence-corrected chi connectivity index (χ1v) is 5.29. The Balaban J connectivity index is 2.57. The van der Waals surface area contributed by atoms with E-state index in [0.29, 0.717) is 0 Å². The van der Waals surface area contributed by atoms with Crippen LogP contribution in [0.5, 0.6) is 11.5 Å². The number of hydrogen-bond donors (Lipinski definition) is 3. The minimum atomic E-state index is 0.0802. The molecular formula is C13H17NO2. The highest BCUT2D eigenvalue weighted by Gasteiger charge is 2.06. The fraction of sp³-hybridized carbons (Fsp3) is 0.385. The lowest BCUT2D eigenvalue weighted by atomic mass is 10.1. The molecule has 0 aliphatic heterocycles. The van der Waals surface area contributed by atoms with E-state index in [9.17, 15) is 10.2 Å². The van der Waals surface area contributed by atoms with Gasteiger partial charge in [-0.05, 0) is 31.5 Å². The quantitative estimate of drug-likeness (QED) is 0.537. The number of benzene rings is 1. The van der Waals surface area contributed by atoms with Crippen LogP contribution < -0.4 is 5.32 Å². The third-order valence-corrected chi connectivity index (χ3v) is 2.30. The van der Waals surface area contributed by atoms with E-state index in [2.05, 4.69) is 17.2 Å². The van der Waals surface area contributed by atoms with Crippen molar-refractivity contribution in [3.8, 4) is 23.3 Å². The molecule has 0 saturated heterocycles. The number of hydrogen-bond acceptors (Lipinski definition) is 3. The van der Waals surface area contributed by atoms with Crippen LogP contribution in [0.15, 0.2) is 18.2 Å². The van der Waals surface area contributed by atoms with Crippen LogP contribution in [0.2, 0.25) is 0 Å². The molecule has 0 bridgehead atoms. The molecule has 1 atom stereocenters. The zero-order chi connectivity index (χ0) is 12.0. The van der Waals surface area contributed by atoms with Crippen molar-refractivity contribution in [2.75, 3.05) is 6.54 Å². The average Bonchev–Trinajstić information content (AvgIpc) is 2.22. The molecule has 0 saturated carbocycles. The summed E-state index contributed by atoms with van der Waals surface area (Å²) in [6, 6.07) is 4.68. The molecule has 0 amide bonds. The summed E-state index contributed by atoms with van der Waals surface area (Å²) < 4.78 is 0. The lowest BCUT2D eigenvalue weighted by Gasteiger charge is -2.13. The predicted octanol–water partition coefficient (Wildman–Crippen LogP) is 2.16. The maximum Gasteiger partial charge on any atom is 0.119 e. The fourth-order valence-electron chi connectivity index (χ4n) is 1.46. The van der Waals surface area contributed by atoms with E-state index in [-0.39, 0.29) is 17.5 Å². The van der Waals surface area contributed by atoms with E-state index in [1.54, 1.807) is 12.1 Å². The highest BCUT2D eigenvalue weighted by Crippen LogP contribution is 2.24. The SMILES string of the molecule is CC#CCCNC(C)c1cc(O)cc(O)c1. The molecule has 0 aliphatic rings. The summed E-state index contributed by atoms with van der Waals surface area (Å²) in [6.45, 7) is 4.59. The van der Waals surface area contributed by atoms with Gasteiger partial charge in [0.05, 0.1) is 0 Å². The first-order chi connectivity index (χ1) is 7.63. The molecule has 3 heteroatoms. The molecule has 0 heterocycles. The van der Waals surface area contributed by atoms with Gasteiger partial charge in [-0.15, -0.1) is 11.8 Å². The van der Waals surface area contributed by atoms with Crippen molar-refractivity contribution in [1.82, 2.24) is 5.32 Å². The lowest BCUT2D eigenvalue weighted by Crippen LogP contribution is -2.19. The first kappa shape index (κ1) is 12.4. The monoisotopic (exact) mass is 219 g/mol. The molecular weight excluding hydrogens is 202 g/mol. The number of nitrogens with one attached hydrogen (secondary N) is 1. The average molecular weight is 219 g/mol. The molecule has 1 aromatic carbocycles. The minimum Gasteiger partial charge on any atom is -0.508 e. The smallest absolute Gasteiger partial charge is 0.119 e. The van der Waals surface area contributed by atoms with E-state index in [0.717, 1.165) is 18.5 Å². The summed E-state index contributed by atoms with van der Waals surface area (Å²) >= 11 is 0. The van der Waals surface area contributed by atoms with Gasteiger partial charge in [0.15, 0.2) is 0 Å². The topological polar surface area (TPSA) is 52.5 Å². The zero-order valence-corrected chi connectivity index (χ0v) is 9.62. The molecule has 3 nitrogen and oxygen atoms in total. The second-order valence-corrected chi connectivity index (χ2v) is 3.64. The predicted molar refractivity (Wildman–Crippen MR) is 64.3 cm³/mol. The van der Waals surface area contributed by atoms with Crippen LogP contribution in [0.1, 0.15) is 31.9 Å². The van der Waals surface area contributed by atoms with Gasteiger partial charge in [0.2, 0.25) is 0 Å². The molecule has 16 heavy (non-hydrogen) atoms. The van der Waals surface area contributed by atoms with E-state index in [1.807, 2.05) is 13.8 Å². The summed E-state index contributed by atoms with van der Waals surface area (Å²) in [6.07, 6.45) is 0.797. The van der Waals surface area contributed by atoms with Crippen molar-refractivity contribution in [2.24, 2.45) is 0 Å². The molecule has 0 aromatic heterocycles. The number of phenolic OH excluding ortho intramolecular Hbond substituents is 2. The van der Waals surface area contributed by atoms with Gasteiger partial charge in [0.25, 0.3) is 0 Å². The zero-order valence-electron chi connectivity index (χ0n) is 9.62. The molecule has 1 unspecified atom stereocenters. The number of phenols is 2. The Kier molecular flexibility index (Phi) is 4.68. The highest BCUT2D eigenvalue weighted by molar-refractivity contribution is 5.37. The van der Waals surface area contributed by atoms with Crippen molar-refractivity contribution < 1.29 is 10.2 Å². The van der Waals surface area contributed by atoms with Crippen LogP contribution in [0, 0.1) is 11.8 Å². The van der Waals surface area contributed by atoms with E-state index in [1.165, 1.54) is 6.07 Å². The van der Waals surface area contributed by atoms with E-state index in [4.69, 9.17) is 0 Å². The van der Waals surface area contributed by atoms with Gasteiger partial charge in [-0.2, -0.15) is 0 Å². The summed E-state index contributed by atoms with van der Waals surface area (Å²) in [7, 11) is 0. The summed E-state index contributed by atoms with van der Waals surface area (Å²) in [5, 5.41) is 21.9. The van der Waals surface area contributed by atoms with Crippen LogP contribution in [-0.2, 0) is 0 Å². The molecule has 0 fully saturated rings. The van der Waals surface area contributed by atoms with Gasteiger partial charge in [0, 0.05) is 25.1 Å². The molecule has 1 rings (SSSR count). The number of rotatable bonds is 4. The molecule has 0 aliphatic carbocycles. The normalized spacial score (nSPS) is 11.6. The van der Waals surface area contributed by atoms with Crippen molar-refractivity contribution in [3.05, 3.63) is 23.8 Å². The van der Waals surface area contributed by atoms with Crippen LogP contribution in [-0.4, -0.2) is 16.8 Å². The summed E-state index contributed by atoms with van der Waals surface area (Å²) in [4.78, 5) is 0. The summed E-state index contributed by atoms with van der Waals surface area (Å²) in [5.41, 5.74) is 0.863. The van der Waals surface area contributed by atoms with Crippen molar-refractivity contribution >= 4 is 0 Å². The van der Waals surface area contributed by atoms with Crippen molar-refractivity contribution in [2.45, 2.75) is 26.3 Å². The Hall–Kier alpha value is -1.66. The molecule has 0 radical (unpaired) electrons. The Labute approximate surface area is 96.1 Å². The van der Waals surface area contributed by atoms with Gasteiger partial charge in [0.1, 0.15) is 11.5 Å². The van der Waals surface area contributed by atoms with Crippen molar-refractivity contribution in [1.29, 1.82) is 0 Å². The molecule has 3 N–H and O–H groups in total. The molecule has 0 spiro atoms.